The topological polar surface area (TPSA) is 33.4 Å². The monoisotopic (exact) mass is 260 g/mol. The summed E-state index contributed by atoms with van der Waals surface area (Å²) in [6.45, 7) is 0. The van der Waals surface area contributed by atoms with Crippen molar-refractivity contribution in [1.29, 1.82) is 0 Å². The number of furan rings is 1. The van der Waals surface area contributed by atoms with Gasteiger partial charge in [-0.25, -0.2) is 4.39 Å². The van der Waals surface area contributed by atoms with Gasteiger partial charge in [0.15, 0.2) is 11.4 Å². The Morgan fingerprint density at radius 2 is 2.16 bits per heavy atom. The van der Waals surface area contributed by atoms with E-state index in [9.17, 15) is 9.50 Å². The lowest BCUT2D eigenvalue weighted by atomic mass is 9.84. The number of halogens is 1. The molecule has 19 heavy (non-hydrogen) atoms. The maximum Gasteiger partial charge on any atom is 0.170 e. The fourth-order valence-corrected chi connectivity index (χ4v) is 4.08. The van der Waals surface area contributed by atoms with Crippen LogP contribution >= 0.6 is 0 Å². The highest BCUT2D eigenvalue weighted by molar-refractivity contribution is 5.78. The molecule has 2 aromatic rings. The molecule has 2 aliphatic carbocycles. The first-order chi connectivity index (χ1) is 9.22. The standard InChI is InChI=1S/C16H17FO2/c17-13-3-1-2-11-8-14(19-16(11)13)15(18)12-7-9-4-5-10(12)6-9/h1-3,8-10,12,15,18H,4-7H2. The number of aliphatic hydroxyl groups excluding tert-OH is 1. The molecule has 2 fully saturated rings. The zero-order valence-electron chi connectivity index (χ0n) is 10.7. The summed E-state index contributed by atoms with van der Waals surface area (Å²) in [5.74, 6) is 1.87. The van der Waals surface area contributed by atoms with Crippen molar-refractivity contribution in [1.82, 2.24) is 0 Å². The van der Waals surface area contributed by atoms with Crippen molar-refractivity contribution in [2.45, 2.75) is 31.8 Å². The summed E-state index contributed by atoms with van der Waals surface area (Å²) in [7, 11) is 0. The zero-order chi connectivity index (χ0) is 13.0. The van der Waals surface area contributed by atoms with E-state index in [0.717, 1.165) is 17.7 Å². The summed E-state index contributed by atoms with van der Waals surface area (Å²) in [5.41, 5.74) is 0.264. The van der Waals surface area contributed by atoms with Crippen LogP contribution in [0.15, 0.2) is 28.7 Å². The molecular weight excluding hydrogens is 243 g/mol. The Morgan fingerprint density at radius 1 is 1.26 bits per heavy atom. The van der Waals surface area contributed by atoms with E-state index in [0.29, 0.717) is 17.6 Å². The van der Waals surface area contributed by atoms with Gasteiger partial charge in [-0.1, -0.05) is 18.6 Å². The summed E-state index contributed by atoms with van der Waals surface area (Å²) in [6, 6.07) is 6.66. The third kappa shape index (κ3) is 1.71. The van der Waals surface area contributed by atoms with Gasteiger partial charge in [-0.3, -0.25) is 0 Å². The molecule has 3 heteroatoms. The molecule has 1 heterocycles. The Balaban J connectivity index is 1.68. The van der Waals surface area contributed by atoms with E-state index in [1.165, 1.54) is 25.3 Å². The Labute approximate surface area is 111 Å². The molecule has 4 atom stereocenters. The van der Waals surface area contributed by atoms with Crippen LogP contribution in [0, 0.1) is 23.6 Å². The molecule has 2 bridgehead atoms. The van der Waals surface area contributed by atoms with Crippen molar-refractivity contribution >= 4 is 11.0 Å². The molecule has 0 amide bonds. The first-order valence-electron chi connectivity index (χ1n) is 7.08. The number of rotatable bonds is 2. The van der Waals surface area contributed by atoms with Crippen LogP contribution in [0.1, 0.15) is 37.5 Å². The van der Waals surface area contributed by atoms with Crippen LogP contribution in [0.2, 0.25) is 0 Å². The maximum absolute atomic E-state index is 13.6. The molecule has 2 saturated carbocycles. The van der Waals surface area contributed by atoms with Gasteiger partial charge in [-0.2, -0.15) is 0 Å². The second-order valence-electron chi connectivity index (χ2n) is 6.09. The fourth-order valence-electron chi connectivity index (χ4n) is 4.08. The van der Waals surface area contributed by atoms with Crippen LogP contribution in [0.5, 0.6) is 0 Å². The third-order valence-electron chi connectivity index (χ3n) is 5.00. The van der Waals surface area contributed by atoms with Crippen molar-refractivity contribution in [2.75, 3.05) is 0 Å². The van der Waals surface area contributed by atoms with Crippen LogP contribution < -0.4 is 0 Å². The first kappa shape index (κ1) is 11.5. The summed E-state index contributed by atoms with van der Waals surface area (Å²) >= 11 is 0. The smallest absolute Gasteiger partial charge is 0.170 e. The van der Waals surface area contributed by atoms with Crippen molar-refractivity contribution in [2.24, 2.45) is 17.8 Å². The second kappa shape index (κ2) is 4.07. The lowest BCUT2D eigenvalue weighted by Gasteiger charge is -2.25. The zero-order valence-corrected chi connectivity index (χ0v) is 10.7. The number of para-hydroxylation sites is 1. The average molecular weight is 260 g/mol. The number of aliphatic hydroxyl groups is 1. The highest BCUT2D eigenvalue weighted by Crippen LogP contribution is 2.52. The molecule has 0 spiro atoms. The molecule has 2 aliphatic rings. The summed E-state index contributed by atoms with van der Waals surface area (Å²) in [6.07, 6.45) is 4.28. The lowest BCUT2D eigenvalue weighted by Crippen LogP contribution is -2.18. The minimum absolute atomic E-state index is 0.264. The van der Waals surface area contributed by atoms with Gasteiger partial charge in [0.1, 0.15) is 11.9 Å². The van der Waals surface area contributed by atoms with Crippen LogP contribution in [0.3, 0.4) is 0 Å². The third-order valence-corrected chi connectivity index (χ3v) is 5.00. The number of fused-ring (bicyclic) bond motifs is 3. The minimum atomic E-state index is -0.581. The van der Waals surface area contributed by atoms with E-state index < -0.39 is 6.10 Å². The summed E-state index contributed by atoms with van der Waals surface area (Å²) < 4.78 is 19.2. The molecule has 2 nitrogen and oxygen atoms in total. The van der Waals surface area contributed by atoms with Gasteiger partial charge in [0.2, 0.25) is 0 Å². The van der Waals surface area contributed by atoms with Crippen molar-refractivity contribution < 1.29 is 13.9 Å². The fraction of sp³-hybridized carbons (Fsp3) is 0.500. The van der Waals surface area contributed by atoms with E-state index in [1.54, 1.807) is 12.1 Å². The SMILES string of the molecule is OC(c1cc2cccc(F)c2o1)C1CC2CCC1C2. The van der Waals surface area contributed by atoms with Gasteiger partial charge in [0, 0.05) is 5.39 Å². The first-order valence-corrected chi connectivity index (χ1v) is 7.08. The highest BCUT2D eigenvalue weighted by Gasteiger charge is 2.43. The Kier molecular flexibility index (Phi) is 2.46. The Hall–Kier alpha value is -1.35. The predicted octanol–water partition coefficient (Wildman–Crippen LogP) is 4.04. The van der Waals surface area contributed by atoms with Crippen LogP contribution in [0.25, 0.3) is 11.0 Å². The quantitative estimate of drug-likeness (QED) is 0.884. The van der Waals surface area contributed by atoms with Crippen molar-refractivity contribution in [3.8, 4) is 0 Å². The molecule has 1 aromatic heterocycles. The molecule has 1 aromatic carbocycles. The lowest BCUT2D eigenvalue weighted by molar-refractivity contribution is 0.0571. The van der Waals surface area contributed by atoms with E-state index in [1.807, 2.05) is 6.07 Å². The van der Waals surface area contributed by atoms with E-state index in [-0.39, 0.29) is 11.4 Å². The molecule has 100 valence electrons. The van der Waals surface area contributed by atoms with Crippen LogP contribution in [-0.4, -0.2) is 5.11 Å². The molecule has 4 unspecified atom stereocenters. The van der Waals surface area contributed by atoms with E-state index in [4.69, 9.17) is 4.42 Å². The normalized spacial score (nSPS) is 31.2. The van der Waals surface area contributed by atoms with Gasteiger partial charge < -0.3 is 9.52 Å². The van der Waals surface area contributed by atoms with Gasteiger partial charge in [-0.15, -0.1) is 0 Å². The van der Waals surface area contributed by atoms with Gasteiger partial charge in [0.25, 0.3) is 0 Å². The largest absolute Gasteiger partial charge is 0.455 e. The van der Waals surface area contributed by atoms with Crippen molar-refractivity contribution in [3.63, 3.8) is 0 Å². The molecular formula is C16H17FO2. The number of hydrogen-bond acceptors (Lipinski definition) is 2. The van der Waals surface area contributed by atoms with E-state index in [2.05, 4.69) is 0 Å². The number of hydrogen-bond donors (Lipinski definition) is 1. The number of benzene rings is 1. The van der Waals surface area contributed by atoms with E-state index >= 15 is 0 Å². The maximum atomic E-state index is 13.6. The van der Waals surface area contributed by atoms with Gasteiger partial charge >= 0.3 is 0 Å². The second-order valence-corrected chi connectivity index (χ2v) is 6.09. The molecule has 1 N–H and O–H groups in total. The van der Waals surface area contributed by atoms with Gasteiger partial charge in [-0.05, 0) is 49.1 Å². The molecule has 0 radical (unpaired) electrons. The molecule has 0 aliphatic heterocycles. The Bertz CT molecular complexity index is 618. The minimum Gasteiger partial charge on any atom is -0.455 e. The predicted molar refractivity (Wildman–Crippen MR) is 70.1 cm³/mol. The van der Waals surface area contributed by atoms with Crippen molar-refractivity contribution in [3.05, 3.63) is 35.8 Å². The Morgan fingerprint density at radius 3 is 2.84 bits per heavy atom. The summed E-state index contributed by atoms with van der Waals surface area (Å²) in [4.78, 5) is 0. The average Bonchev–Trinajstić information content (AvgIpc) is 3.12. The van der Waals surface area contributed by atoms with Gasteiger partial charge in [0.05, 0.1) is 0 Å². The molecule has 0 saturated heterocycles. The van der Waals surface area contributed by atoms with Crippen LogP contribution in [-0.2, 0) is 0 Å². The molecule has 4 rings (SSSR count). The highest BCUT2D eigenvalue weighted by atomic mass is 19.1. The van der Waals surface area contributed by atoms with Crippen LogP contribution in [0.4, 0.5) is 4.39 Å². The summed E-state index contributed by atoms with van der Waals surface area (Å²) in [5, 5.41) is 11.3.